The van der Waals surface area contributed by atoms with Gasteiger partial charge in [0, 0.05) is 22.8 Å². The van der Waals surface area contributed by atoms with E-state index in [0.29, 0.717) is 0 Å². The highest BCUT2D eigenvalue weighted by molar-refractivity contribution is 7.11. The van der Waals surface area contributed by atoms with E-state index >= 15 is 0 Å². The average molecular weight is 324 g/mol. The van der Waals surface area contributed by atoms with E-state index in [1.807, 2.05) is 32.1 Å². The van der Waals surface area contributed by atoms with Crippen molar-refractivity contribution >= 4 is 17.4 Å². The molecule has 0 unspecified atom stereocenters. The maximum atomic E-state index is 12.0. The molecule has 1 saturated carbocycles. The third-order valence-corrected chi connectivity index (χ3v) is 5.13. The van der Waals surface area contributed by atoms with Crippen LogP contribution in [0.1, 0.15) is 56.7 Å². The third kappa shape index (κ3) is 4.99. The first kappa shape index (κ1) is 17.3. The summed E-state index contributed by atoms with van der Waals surface area (Å²) in [4.78, 5) is 14.8. The van der Waals surface area contributed by atoms with Gasteiger partial charge in [0.1, 0.15) is 5.60 Å². The number of hydrogen-bond donors (Lipinski definition) is 2. The molecular formula is C17H28N2O2S. The number of thiophene rings is 1. The van der Waals surface area contributed by atoms with Crippen LogP contribution in [-0.2, 0) is 17.7 Å². The van der Waals surface area contributed by atoms with Crippen molar-refractivity contribution in [2.45, 2.75) is 71.1 Å². The largest absolute Gasteiger partial charge is 0.444 e. The molecule has 0 aliphatic heterocycles. The Morgan fingerprint density at radius 1 is 1.32 bits per heavy atom. The van der Waals surface area contributed by atoms with E-state index in [4.69, 9.17) is 4.74 Å². The molecule has 4 nitrogen and oxygen atoms in total. The van der Waals surface area contributed by atoms with E-state index in [1.54, 1.807) is 0 Å². The van der Waals surface area contributed by atoms with Crippen LogP contribution in [0, 0.1) is 0 Å². The van der Waals surface area contributed by atoms with E-state index in [-0.39, 0.29) is 11.6 Å². The van der Waals surface area contributed by atoms with Gasteiger partial charge in [0.25, 0.3) is 0 Å². The van der Waals surface area contributed by atoms with E-state index in [0.717, 1.165) is 38.8 Å². The van der Waals surface area contributed by atoms with Crippen molar-refractivity contribution in [3.8, 4) is 0 Å². The molecule has 1 amide bonds. The molecule has 1 aliphatic carbocycles. The molecule has 22 heavy (non-hydrogen) atoms. The Kier molecular flexibility index (Phi) is 5.50. The minimum Gasteiger partial charge on any atom is -0.444 e. The average Bonchev–Trinajstić information content (AvgIpc) is 2.81. The number of aryl methyl sites for hydroxylation is 1. The van der Waals surface area contributed by atoms with Crippen molar-refractivity contribution in [1.82, 2.24) is 10.6 Å². The molecule has 2 rings (SSSR count). The highest BCUT2D eigenvalue weighted by Gasteiger charge is 2.39. The van der Waals surface area contributed by atoms with Gasteiger partial charge >= 0.3 is 6.09 Å². The number of carbonyl (C=O) groups excluding carboxylic acids is 1. The minimum absolute atomic E-state index is 0.132. The minimum atomic E-state index is -0.448. The summed E-state index contributed by atoms with van der Waals surface area (Å²) in [5.41, 5.74) is -0.580. The predicted octanol–water partition coefficient (Wildman–Crippen LogP) is 3.85. The number of hydrogen-bond acceptors (Lipinski definition) is 4. The van der Waals surface area contributed by atoms with Gasteiger partial charge < -0.3 is 15.4 Å². The van der Waals surface area contributed by atoms with Crippen LogP contribution in [-0.4, -0.2) is 23.8 Å². The fourth-order valence-electron chi connectivity index (χ4n) is 2.60. The van der Waals surface area contributed by atoms with Crippen molar-refractivity contribution in [3.63, 3.8) is 0 Å². The molecule has 1 aliphatic rings. The molecule has 0 bridgehead atoms. The standard InChI is InChI=1S/C17H28N2O2S/c1-5-13-7-8-14(22-13)11-18-12-17(9-6-10-17)19-15(20)21-16(2,3)4/h7-8,18H,5-6,9-12H2,1-4H3,(H,19,20). The lowest BCUT2D eigenvalue weighted by molar-refractivity contribution is 0.0382. The van der Waals surface area contributed by atoms with E-state index in [2.05, 4.69) is 29.7 Å². The number of rotatable bonds is 6. The molecule has 1 aromatic rings. The molecule has 5 heteroatoms. The van der Waals surface area contributed by atoms with Gasteiger partial charge in [-0.25, -0.2) is 4.79 Å². The van der Waals surface area contributed by atoms with Gasteiger partial charge in [0.15, 0.2) is 0 Å². The Morgan fingerprint density at radius 3 is 2.50 bits per heavy atom. The predicted molar refractivity (Wildman–Crippen MR) is 91.4 cm³/mol. The number of carbonyl (C=O) groups is 1. The summed E-state index contributed by atoms with van der Waals surface area (Å²) in [6, 6.07) is 4.38. The van der Waals surface area contributed by atoms with Crippen LogP contribution < -0.4 is 10.6 Å². The van der Waals surface area contributed by atoms with Gasteiger partial charge in [-0.05, 0) is 58.6 Å². The highest BCUT2D eigenvalue weighted by atomic mass is 32.1. The third-order valence-electron chi connectivity index (χ3n) is 3.91. The molecule has 0 saturated heterocycles. The highest BCUT2D eigenvalue weighted by Crippen LogP contribution is 2.31. The first-order chi connectivity index (χ1) is 10.3. The monoisotopic (exact) mass is 324 g/mol. The van der Waals surface area contributed by atoms with Crippen LogP contribution in [0.2, 0.25) is 0 Å². The molecule has 0 aromatic carbocycles. The maximum Gasteiger partial charge on any atom is 0.408 e. The van der Waals surface area contributed by atoms with Crippen LogP contribution in [0.25, 0.3) is 0 Å². The molecule has 1 aromatic heterocycles. The van der Waals surface area contributed by atoms with Crippen molar-refractivity contribution in [1.29, 1.82) is 0 Å². The van der Waals surface area contributed by atoms with Gasteiger partial charge in [0.2, 0.25) is 0 Å². The van der Waals surface area contributed by atoms with Gasteiger partial charge in [-0.15, -0.1) is 11.3 Å². The maximum absolute atomic E-state index is 12.0. The van der Waals surface area contributed by atoms with Gasteiger partial charge in [-0.1, -0.05) is 6.92 Å². The fourth-order valence-corrected chi connectivity index (χ4v) is 3.53. The summed E-state index contributed by atoms with van der Waals surface area (Å²) in [6.45, 7) is 9.51. The Balaban J connectivity index is 1.79. The molecule has 1 fully saturated rings. The summed E-state index contributed by atoms with van der Waals surface area (Å²) < 4.78 is 5.38. The Bertz CT molecular complexity index is 501. The SMILES string of the molecule is CCc1ccc(CNCC2(NC(=O)OC(C)(C)C)CCC2)s1. The van der Waals surface area contributed by atoms with Crippen molar-refractivity contribution in [2.24, 2.45) is 0 Å². The zero-order valence-corrected chi connectivity index (χ0v) is 14.9. The number of alkyl carbamates (subject to hydrolysis) is 1. The summed E-state index contributed by atoms with van der Waals surface area (Å²) in [5, 5.41) is 6.56. The second kappa shape index (κ2) is 7.01. The quantitative estimate of drug-likeness (QED) is 0.836. The topological polar surface area (TPSA) is 50.4 Å². The van der Waals surface area contributed by atoms with Crippen molar-refractivity contribution in [3.05, 3.63) is 21.9 Å². The molecule has 124 valence electrons. The van der Waals surface area contributed by atoms with Crippen LogP contribution in [0.3, 0.4) is 0 Å². The summed E-state index contributed by atoms with van der Waals surface area (Å²) in [6.07, 6.45) is 3.98. The zero-order valence-electron chi connectivity index (χ0n) is 14.1. The van der Waals surface area contributed by atoms with Crippen molar-refractivity contribution in [2.75, 3.05) is 6.54 Å². The molecule has 0 spiro atoms. The van der Waals surface area contributed by atoms with Crippen LogP contribution in [0.15, 0.2) is 12.1 Å². The molecule has 0 radical (unpaired) electrons. The summed E-state index contributed by atoms with van der Waals surface area (Å²) >= 11 is 1.86. The fraction of sp³-hybridized carbons (Fsp3) is 0.706. The van der Waals surface area contributed by atoms with Gasteiger partial charge in [-0.2, -0.15) is 0 Å². The van der Waals surface area contributed by atoms with Crippen LogP contribution in [0.4, 0.5) is 4.79 Å². The van der Waals surface area contributed by atoms with Crippen LogP contribution >= 0.6 is 11.3 Å². The smallest absolute Gasteiger partial charge is 0.408 e. The zero-order chi connectivity index (χ0) is 16.2. The number of ether oxygens (including phenoxy) is 1. The Hall–Kier alpha value is -1.07. The lowest BCUT2D eigenvalue weighted by Crippen LogP contribution is -2.59. The molecule has 0 atom stereocenters. The Labute approximate surface area is 137 Å². The first-order valence-electron chi connectivity index (χ1n) is 8.11. The molecule has 2 N–H and O–H groups in total. The summed E-state index contributed by atoms with van der Waals surface area (Å²) in [7, 11) is 0. The van der Waals surface area contributed by atoms with E-state index in [1.165, 1.54) is 9.75 Å². The van der Waals surface area contributed by atoms with Crippen LogP contribution in [0.5, 0.6) is 0 Å². The lowest BCUT2D eigenvalue weighted by Gasteiger charge is -2.42. The van der Waals surface area contributed by atoms with Gasteiger partial charge in [0.05, 0.1) is 5.54 Å². The van der Waals surface area contributed by atoms with E-state index < -0.39 is 5.60 Å². The van der Waals surface area contributed by atoms with Gasteiger partial charge in [-0.3, -0.25) is 0 Å². The second-order valence-corrected chi connectivity index (χ2v) is 8.34. The van der Waals surface area contributed by atoms with Crippen molar-refractivity contribution < 1.29 is 9.53 Å². The second-order valence-electron chi connectivity index (χ2n) is 7.09. The van der Waals surface area contributed by atoms with E-state index in [9.17, 15) is 4.79 Å². The number of amides is 1. The molecular weight excluding hydrogens is 296 g/mol. The Morgan fingerprint density at radius 2 is 2.00 bits per heavy atom. The normalized spacial score (nSPS) is 16.9. The first-order valence-corrected chi connectivity index (χ1v) is 8.93. The molecule has 1 heterocycles. The number of nitrogens with one attached hydrogen (secondary N) is 2. The summed E-state index contributed by atoms with van der Waals surface area (Å²) in [5.74, 6) is 0. The lowest BCUT2D eigenvalue weighted by atomic mass is 9.76.